The quantitative estimate of drug-likeness (QED) is 0.716. The second kappa shape index (κ2) is 7.54. The van der Waals surface area contributed by atoms with Gasteiger partial charge in [-0.3, -0.25) is 9.48 Å². The normalized spacial score (nSPS) is 11.3. The van der Waals surface area contributed by atoms with Gasteiger partial charge in [0, 0.05) is 17.4 Å². The number of aliphatic hydroxyl groups is 1. The van der Waals surface area contributed by atoms with Crippen LogP contribution >= 0.6 is 0 Å². The monoisotopic (exact) mass is 349 g/mol. The number of benzene rings is 2. The Morgan fingerprint density at radius 2 is 1.77 bits per heavy atom. The van der Waals surface area contributed by atoms with Gasteiger partial charge in [-0.1, -0.05) is 42.5 Å². The maximum Gasteiger partial charge on any atom is 0.228 e. The first-order valence-corrected chi connectivity index (χ1v) is 8.58. The van der Waals surface area contributed by atoms with Crippen molar-refractivity contribution >= 4 is 11.6 Å². The highest BCUT2D eigenvalue weighted by Crippen LogP contribution is 2.23. The standard InChI is InChI=1S/C21H23N3O2/c1-21(2,15-25)24-14-18(13-22-24)17-8-10-19(11-9-17)23-20(26)12-16-6-4-3-5-7-16/h3-11,13-14,25H,12,15H2,1-2H3,(H,23,26). The Bertz CT molecular complexity index is 868. The lowest BCUT2D eigenvalue weighted by Crippen LogP contribution is -2.30. The van der Waals surface area contributed by atoms with Gasteiger partial charge in [-0.2, -0.15) is 5.10 Å². The molecule has 134 valence electrons. The molecule has 0 fully saturated rings. The third-order valence-electron chi connectivity index (χ3n) is 4.30. The molecule has 5 nitrogen and oxygen atoms in total. The summed E-state index contributed by atoms with van der Waals surface area (Å²) in [6.45, 7) is 3.87. The first-order valence-electron chi connectivity index (χ1n) is 8.58. The molecule has 3 rings (SSSR count). The lowest BCUT2D eigenvalue weighted by atomic mass is 10.1. The topological polar surface area (TPSA) is 67.2 Å². The molecule has 0 radical (unpaired) electrons. The van der Waals surface area contributed by atoms with E-state index < -0.39 is 5.54 Å². The summed E-state index contributed by atoms with van der Waals surface area (Å²) in [5.41, 5.74) is 3.28. The zero-order valence-electron chi connectivity index (χ0n) is 15.0. The Kier molecular flexibility index (Phi) is 5.19. The van der Waals surface area contributed by atoms with Crippen LogP contribution in [-0.4, -0.2) is 27.4 Å². The molecule has 1 aromatic heterocycles. The van der Waals surface area contributed by atoms with Gasteiger partial charge in [-0.05, 0) is 37.1 Å². The number of carbonyl (C=O) groups excluding carboxylic acids is 1. The first-order chi connectivity index (χ1) is 12.5. The molecule has 0 aliphatic carbocycles. The summed E-state index contributed by atoms with van der Waals surface area (Å²) >= 11 is 0. The lowest BCUT2D eigenvalue weighted by Gasteiger charge is -2.22. The van der Waals surface area contributed by atoms with Gasteiger partial charge in [0.25, 0.3) is 0 Å². The molecule has 0 bridgehead atoms. The van der Waals surface area contributed by atoms with Crippen LogP contribution in [0, 0.1) is 0 Å². The van der Waals surface area contributed by atoms with Crippen LogP contribution in [-0.2, 0) is 16.8 Å². The number of anilines is 1. The molecule has 0 saturated carbocycles. The van der Waals surface area contributed by atoms with Crippen molar-refractivity contribution in [1.29, 1.82) is 0 Å². The zero-order chi connectivity index (χ0) is 18.6. The summed E-state index contributed by atoms with van der Waals surface area (Å²) in [4.78, 5) is 12.1. The van der Waals surface area contributed by atoms with E-state index >= 15 is 0 Å². The number of carbonyl (C=O) groups is 1. The molecule has 0 aliphatic heterocycles. The van der Waals surface area contributed by atoms with Crippen LogP contribution in [0.25, 0.3) is 11.1 Å². The fourth-order valence-electron chi connectivity index (χ4n) is 2.61. The van der Waals surface area contributed by atoms with Crippen LogP contribution in [0.1, 0.15) is 19.4 Å². The molecule has 2 N–H and O–H groups in total. The molecule has 1 heterocycles. The lowest BCUT2D eigenvalue weighted by molar-refractivity contribution is -0.115. The summed E-state index contributed by atoms with van der Waals surface area (Å²) in [6.07, 6.45) is 4.05. The van der Waals surface area contributed by atoms with E-state index in [4.69, 9.17) is 0 Å². The molecule has 0 spiro atoms. The average molecular weight is 349 g/mol. The third-order valence-corrected chi connectivity index (χ3v) is 4.30. The van der Waals surface area contributed by atoms with Gasteiger partial charge in [0.05, 0.1) is 24.8 Å². The second-order valence-electron chi connectivity index (χ2n) is 6.93. The van der Waals surface area contributed by atoms with Crippen molar-refractivity contribution in [3.63, 3.8) is 0 Å². The fraction of sp³-hybridized carbons (Fsp3) is 0.238. The highest BCUT2D eigenvalue weighted by molar-refractivity contribution is 5.92. The van der Waals surface area contributed by atoms with E-state index in [1.165, 1.54) is 0 Å². The number of amides is 1. The van der Waals surface area contributed by atoms with Crippen molar-refractivity contribution in [2.24, 2.45) is 0 Å². The molecule has 1 amide bonds. The molecule has 0 aliphatic rings. The van der Waals surface area contributed by atoms with E-state index in [2.05, 4.69) is 10.4 Å². The predicted octanol–water partition coefficient (Wildman–Crippen LogP) is 3.46. The SMILES string of the molecule is CC(C)(CO)n1cc(-c2ccc(NC(=O)Cc3ccccc3)cc2)cn1. The summed E-state index contributed by atoms with van der Waals surface area (Å²) in [6, 6.07) is 17.3. The van der Waals surface area contributed by atoms with Crippen molar-refractivity contribution in [3.8, 4) is 11.1 Å². The Labute approximate surface area is 153 Å². The summed E-state index contributed by atoms with van der Waals surface area (Å²) in [5.74, 6) is -0.0403. The summed E-state index contributed by atoms with van der Waals surface area (Å²) in [7, 11) is 0. The van der Waals surface area contributed by atoms with Gasteiger partial charge >= 0.3 is 0 Å². The minimum absolute atomic E-state index is 0.0144. The molecular formula is C21H23N3O2. The van der Waals surface area contributed by atoms with Crippen LogP contribution in [0.15, 0.2) is 67.0 Å². The van der Waals surface area contributed by atoms with E-state index in [0.717, 1.165) is 22.4 Å². The van der Waals surface area contributed by atoms with Gasteiger partial charge in [0.1, 0.15) is 0 Å². The number of hydrogen-bond acceptors (Lipinski definition) is 3. The number of nitrogens with zero attached hydrogens (tertiary/aromatic N) is 2. The van der Waals surface area contributed by atoms with E-state index in [1.54, 1.807) is 10.9 Å². The Morgan fingerprint density at radius 1 is 1.08 bits per heavy atom. The first kappa shape index (κ1) is 17.9. The molecule has 0 unspecified atom stereocenters. The van der Waals surface area contributed by atoms with Crippen molar-refractivity contribution < 1.29 is 9.90 Å². The zero-order valence-corrected chi connectivity index (χ0v) is 15.0. The maximum atomic E-state index is 12.1. The molecule has 0 saturated heterocycles. The van der Waals surface area contributed by atoms with Crippen molar-refractivity contribution in [2.75, 3.05) is 11.9 Å². The number of hydrogen-bond donors (Lipinski definition) is 2. The smallest absolute Gasteiger partial charge is 0.228 e. The minimum atomic E-state index is -0.441. The molecule has 26 heavy (non-hydrogen) atoms. The molecule has 2 aromatic carbocycles. The highest BCUT2D eigenvalue weighted by atomic mass is 16.3. The van der Waals surface area contributed by atoms with Crippen LogP contribution < -0.4 is 5.32 Å². The average Bonchev–Trinajstić information content (AvgIpc) is 3.14. The molecule has 3 aromatic rings. The maximum absolute atomic E-state index is 12.1. The predicted molar refractivity (Wildman–Crippen MR) is 103 cm³/mol. The second-order valence-corrected chi connectivity index (χ2v) is 6.93. The van der Waals surface area contributed by atoms with Gasteiger partial charge < -0.3 is 10.4 Å². The third kappa shape index (κ3) is 4.18. The van der Waals surface area contributed by atoms with Gasteiger partial charge in [0.2, 0.25) is 5.91 Å². The number of aromatic nitrogens is 2. The van der Waals surface area contributed by atoms with E-state index in [9.17, 15) is 9.90 Å². The number of nitrogens with one attached hydrogen (secondary N) is 1. The van der Waals surface area contributed by atoms with Crippen molar-refractivity contribution in [1.82, 2.24) is 9.78 Å². The number of rotatable bonds is 6. The summed E-state index contributed by atoms with van der Waals surface area (Å²) < 4.78 is 1.76. The Balaban J connectivity index is 1.66. The minimum Gasteiger partial charge on any atom is -0.394 e. The summed E-state index contributed by atoms with van der Waals surface area (Å²) in [5, 5.41) is 16.7. The van der Waals surface area contributed by atoms with Crippen LogP contribution in [0.4, 0.5) is 5.69 Å². The molecule has 0 atom stereocenters. The highest BCUT2D eigenvalue weighted by Gasteiger charge is 2.20. The van der Waals surface area contributed by atoms with Crippen LogP contribution in [0.5, 0.6) is 0 Å². The Hall–Kier alpha value is -2.92. The van der Waals surface area contributed by atoms with Crippen molar-refractivity contribution in [3.05, 3.63) is 72.6 Å². The fourth-order valence-corrected chi connectivity index (χ4v) is 2.61. The molecule has 5 heteroatoms. The van der Waals surface area contributed by atoms with Crippen LogP contribution in [0.2, 0.25) is 0 Å². The van der Waals surface area contributed by atoms with Gasteiger partial charge in [-0.15, -0.1) is 0 Å². The van der Waals surface area contributed by atoms with Gasteiger partial charge in [-0.25, -0.2) is 0 Å². The van der Waals surface area contributed by atoms with E-state index in [1.807, 2.05) is 74.6 Å². The van der Waals surface area contributed by atoms with Gasteiger partial charge in [0.15, 0.2) is 0 Å². The van der Waals surface area contributed by atoms with E-state index in [0.29, 0.717) is 6.42 Å². The Morgan fingerprint density at radius 3 is 2.42 bits per heavy atom. The largest absolute Gasteiger partial charge is 0.394 e. The van der Waals surface area contributed by atoms with Crippen LogP contribution in [0.3, 0.4) is 0 Å². The number of aliphatic hydroxyl groups excluding tert-OH is 1. The van der Waals surface area contributed by atoms with E-state index in [-0.39, 0.29) is 12.5 Å². The van der Waals surface area contributed by atoms with Crippen molar-refractivity contribution in [2.45, 2.75) is 25.8 Å². The molecular weight excluding hydrogens is 326 g/mol.